The maximum Gasteiger partial charge on any atom is 0.338 e. The van der Waals surface area contributed by atoms with Crippen molar-refractivity contribution in [3.63, 3.8) is 0 Å². The van der Waals surface area contributed by atoms with Crippen LogP contribution in [0.3, 0.4) is 0 Å². The lowest BCUT2D eigenvalue weighted by molar-refractivity contribution is -0.665. The zero-order valence-electron chi connectivity index (χ0n) is 13.5. The highest BCUT2D eigenvalue weighted by Gasteiger charge is 2.35. The minimum atomic E-state index is -0.382. The zero-order chi connectivity index (χ0) is 15.3. The molecule has 3 nitrogen and oxygen atoms in total. The molecule has 0 unspecified atom stereocenters. The Kier molecular flexibility index (Phi) is 5.40. The van der Waals surface area contributed by atoms with Gasteiger partial charge in [0, 0.05) is 18.8 Å². The molecule has 1 aliphatic heterocycles. The van der Waals surface area contributed by atoms with Crippen LogP contribution in [0.15, 0.2) is 24.3 Å². The standard InChI is InChI=1S/C18H27NO2/c1-4-5-14-6-8-15(9-7-14)17(20)21-18(2,3)16-10-12-19-13-11-16/h6-9,16,19H,4-5,10-13H2,1-3H3/p+1. The molecule has 1 saturated heterocycles. The molecule has 0 atom stereocenters. The number of hydrogen-bond donors (Lipinski definition) is 1. The van der Waals surface area contributed by atoms with Gasteiger partial charge in [0.2, 0.25) is 0 Å². The highest BCUT2D eigenvalue weighted by molar-refractivity contribution is 5.89. The van der Waals surface area contributed by atoms with Crippen molar-refractivity contribution in [2.45, 2.75) is 52.1 Å². The fourth-order valence-electron chi connectivity index (χ4n) is 3.10. The molecule has 1 aromatic rings. The van der Waals surface area contributed by atoms with E-state index < -0.39 is 0 Å². The van der Waals surface area contributed by atoms with Crippen molar-refractivity contribution < 1.29 is 14.8 Å². The molecule has 2 N–H and O–H groups in total. The molecule has 0 radical (unpaired) electrons. The molecule has 1 fully saturated rings. The average Bonchev–Trinajstić information content (AvgIpc) is 2.49. The first-order valence-electron chi connectivity index (χ1n) is 8.17. The van der Waals surface area contributed by atoms with E-state index in [4.69, 9.17) is 4.74 Å². The van der Waals surface area contributed by atoms with Gasteiger partial charge in [-0.1, -0.05) is 25.5 Å². The summed E-state index contributed by atoms with van der Waals surface area (Å²) in [6.45, 7) is 8.53. The molecule has 116 valence electrons. The van der Waals surface area contributed by atoms with Crippen LogP contribution in [0.4, 0.5) is 0 Å². The van der Waals surface area contributed by atoms with Crippen molar-refractivity contribution in [3.05, 3.63) is 35.4 Å². The normalized spacial score (nSPS) is 16.7. The predicted molar refractivity (Wildman–Crippen MR) is 84.3 cm³/mol. The predicted octanol–water partition coefficient (Wildman–Crippen LogP) is 2.55. The van der Waals surface area contributed by atoms with Crippen molar-refractivity contribution in [2.75, 3.05) is 13.1 Å². The van der Waals surface area contributed by atoms with Crippen LogP contribution < -0.4 is 5.32 Å². The lowest BCUT2D eigenvalue weighted by Crippen LogP contribution is -2.86. The van der Waals surface area contributed by atoms with Crippen molar-refractivity contribution in [2.24, 2.45) is 5.92 Å². The van der Waals surface area contributed by atoms with Gasteiger partial charge in [-0.15, -0.1) is 0 Å². The van der Waals surface area contributed by atoms with Gasteiger partial charge in [-0.3, -0.25) is 0 Å². The van der Waals surface area contributed by atoms with Gasteiger partial charge in [0.25, 0.3) is 0 Å². The monoisotopic (exact) mass is 290 g/mol. The van der Waals surface area contributed by atoms with Crippen molar-refractivity contribution in [1.82, 2.24) is 0 Å². The van der Waals surface area contributed by atoms with Crippen molar-refractivity contribution >= 4 is 5.97 Å². The van der Waals surface area contributed by atoms with Crippen molar-refractivity contribution in [1.29, 1.82) is 0 Å². The number of carbonyl (C=O) groups is 1. The average molecular weight is 290 g/mol. The van der Waals surface area contributed by atoms with Crippen LogP contribution in [0.25, 0.3) is 0 Å². The summed E-state index contributed by atoms with van der Waals surface area (Å²) in [7, 11) is 0. The minimum Gasteiger partial charge on any atom is -0.456 e. The number of esters is 1. The topological polar surface area (TPSA) is 42.9 Å². The summed E-state index contributed by atoms with van der Waals surface area (Å²) in [5.41, 5.74) is 1.55. The lowest BCUT2D eigenvalue weighted by Gasteiger charge is -2.35. The van der Waals surface area contributed by atoms with E-state index in [1.165, 1.54) is 5.56 Å². The van der Waals surface area contributed by atoms with Crippen LogP contribution in [-0.4, -0.2) is 24.7 Å². The molecule has 0 saturated carbocycles. The molecule has 2 rings (SSSR count). The number of carbonyl (C=O) groups excluding carboxylic acids is 1. The highest BCUT2D eigenvalue weighted by Crippen LogP contribution is 2.28. The Balaban J connectivity index is 1.99. The van der Waals surface area contributed by atoms with Gasteiger partial charge in [-0.05, 0) is 38.0 Å². The smallest absolute Gasteiger partial charge is 0.338 e. The highest BCUT2D eigenvalue weighted by atomic mass is 16.6. The Morgan fingerprint density at radius 1 is 1.24 bits per heavy atom. The zero-order valence-corrected chi connectivity index (χ0v) is 13.5. The molecule has 3 heteroatoms. The summed E-state index contributed by atoms with van der Waals surface area (Å²) in [5, 5.41) is 2.33. The number of hydrogen-bond acceptors (Lipinski definition) is 2. The van der Waals surface area contributed by atoms with E-state index in [2.05, 4.69) is 12.2 Å². The lowest BCUT2D eigenvalue weighted by atomic mass is 9.83. The molecule has 0 amide bonds. The van der Waals surface area contributed by atoms with Gasteiger partial charge >= 0.3 is 5.97 Å². The third-order valence-electron chi connectivity index (χ3n) is 4.51. The third-order valence-corrected chi connectivity index (χ3v) is 4.51. The van der Waals surface area contributed by atoms with E-state index in [-0.39, 0.29) is 11.6 Å². The van der Waals surface area contributed by atoms with E-state index >= 15 is 0 Å². The van der Waals surface area contributed by atoms with Crippen LogP contribution in [0.5, 0.6) is 0 Å². The van der Waals surface area contributed by atoms with E-state index in [0.29, 0.717) is 11.5 Å². The number of nitrogens with two attached hydrogens (primary N) is 1. The van der Waals surface area contributed by atoms with Gasteiger partial charge in [0.15, 0.2) is 0 Å². The van der Waals surface area contributed by atoms with E-state index in [1.54, 1.807) is 0 Å². The number of aryl methyl sites for hydroxylation is 1. The summed E-state index contributed by atoms with van der Waals surface area (Å²) < 4.78 is 5.81. The third kappa shape index (κ3) is 4.31. The molecule has 0 aromatic heterocycles. The molecule has 0 aliphatic carbocycles. The van der Waals surface area contributed by atoms with E-state index in [1.807, 2.05) is 38.1 Å². The first-order chi connectivity index (χ1) is 10.0. The number of quaternary nitrogens is 1. The van der Waals surface area contributed by atoms with Gasteiger partial charge in [0.1, 0.15) is 5.60 Å². The molecular formula is C18H28NO2+. The number of benzene rings is 1. The molecule has 1 heterocycles. The minimum absolute atomic E-state index is 0.197. The van der Waals surface area contributed by atoms with Crippen LogP contribution in [0, 0.1) is 5.92 Å². The Labute approximate surface area is 128 Å². The SMILES string of the molecule is CCCc1ccc(C(=O)OC(C)(C)C2CC[NH2+]CC2)cc1. The molecule has 21 heavy (non-hydrogen) atoms. The number of ether oxygens (including phenoxy) is 1. The largest absolute Gasteiger partial charge is 0.456 e. The van der Waals surface area contributed by atoms with Gasteiger partial charge < -0.3 is 10.1 Å². The number of rotatable bonds is 5. The Morgan fingerprint density at radius 3 is 2.43 bits per heavy atom. The summed E-state index contributed by atoms with van der Waals surface area (Å²) in [4.78, 5) is 12.3. The quantitative estimate of drug-likeness (QED) is 0.847. The Morgan fingerprint density at radius 2 is 1.86 bits per heavy atom. The molecular weight excluding hydrogens is 262 g/mol. The first kappa shape index (κ1) is 16.0. The fourth-order valence-corrected chi connectivity index (χ4v) is 3.10. The summed E-state index contributed by atoms with van der Waals surface area (Å²) in [6.07, 6.45) is 4.42. The molecule has 1 aliphatic rings. The van der Waals surface area contributed by atoms with Crippen LogP contribution >= 0.6 is 0 Å². The van der Waals surface area contributed by atoms with Crippen molar-refractivity contribution in [3.8, 4) is 0 Å². The second kappa shape index (κ2) is 7.08. The number of piperidine rings is 1. The van der Waals surface area contributed by atoms with Crippen LogP contribution in [-0.2, 0) is 11.2 Å². The molecule has 1 aromatic carbocycles. The fraction of sp³-hybridized carbons (Fsp3) is 0.611. The van der Waals surface area contributed by atoms with Gasteiger partial charge in [-0.25, -0.2) is 4.79 Å². The first-order valence-corrected chi connectivity index (χ1v) is 8.17. The maximum atomic E-state index is 12.3. The van der Waals surface area contributed by atoms with Crippen LogP contribution in [0.2, 0.25) is 0 Å². The summed E-state index contributed by atoms with van der Waals surface area (Å²) in [5.74, 6) is 0.267. The Bertz CT molecular complexity index is 459. The van der Waals surface area contributed by atoms with E-state index in [0.717, 1.165) is 38.8 Å². The second-order valence-corrected chi connectivity index (χ2v) is 6.58. The molecule has 0 bridgehead atoms. The van der Waals surface area contributed by atoms with Crippen LogP contribution in [0.1, 0.15) is 56.0 Å². The summed E-state index contributed by atoms with van der Waals surface area (Å²) >= 11 is 0. The van der Waals surface area contributed by atoms with E-state index in [9.17, 15) is 4.79 Å². The Hall–Kier alpha value is -1.35. The molecule has 0 spiro atoms. The second-order valence-electron chi connectivity index (χ2n) is 6.58. The van der Waals surface area contributed by atoms with Gasteiger partial charge in [0.05, 0.1) is 18.7 Å². The summed E-state index contributed by atoms with van der Waals surface area (Å²) in [6, 6.07) is 7.83. The van der Waals surface area contributed by atoms with Gasteiger partial charge in [-0.2, -0.15) is 0 Å². The maximum absolute atomic E-state index is 12.3.